The van der Waals surface area contributed by atoms with Crippen molar-refractivity contribution in [1.82, 2.24) is 4.90 Å². The van der Waals surface area contributed by atoms with Crippen LogP contribution in [0.4, 0.5) is 4.39 Å². The lowest BCUT2D eigenvalue weighted by Crippen LogP contribution is -2.39. The molecule has 17 heavy (non-hydrogen) atoms. The smallest absolute Gasteiger partial charge is 0.141 e. The minimum Gasteiger partial charge on any atom is -0.299 e. The van der Waals surface area contributed by atoms with Crippen molar-refractivity contribution >= 4 is 27.5 Å². The molecule has 2 rings (SSSR count). The minimum absolute atomic E-state index is 0.214. The largest absolute Gasteiger partial charge is 0.299 e. The maximum Gasteiger partial charge on any atom is 0.141 e. The number of halogens is 3. The molecule has 0 saturated carbocycles. The van der Waals surface area contributed by atoms with E-state index < -0.39 is 0 Å². The maximum atomic E-state index is 13.0. The Kier molecular flexibility index (Phi) is 4.45. The quantitative estimate of drug-likeness (QED) is 0.742. The van der Waals surface area contributed by atoms with Crippen molar-refractivity contribution in [2.45, 2.75) is 24.7 Å². The number of hydrogen-bond donors (Lipinski definition) is 0. The monoisotopic (exact) mass is 319 g/mol. The molecule has 94 valence electrons. The van der Waals surface area contributed by atoms with Crippen molar-refractivity contribution < 1.29 is 4.39 Å². The van der Waals surface area contributed by atoms with E-state index in [0.29, 0.717) is 10.7 Å². The molecule has 0 N–H and O–H groups in total. The first kappa shape index (κ1) is 13.3. The summed E-state index contributed by atoms with van der Waals surface area (Å²) in [5, 5.41) is 0.214. The summed E-state index contributed by atoms with van der Waals surface area (Å²) in [5.74, 6) is 0.308. The highest BCUT2D eigenvalue weighted by Crippen LogP contribution is 2.25. The zero-order chi connectivity index (χ0) is 12.4. The summed E-state index contributed by atoms with van der Waals surface area (Å²) >= 11 is 9.47. The van der Waals surface area contributed by atoms with Crippen LogP contribution in [-0.4, -0.2) is 22.8 Å². The Bertz CT molecular complexity index is 399. The summed E-state index contributed by atoms with van der Waals surface area (Å²) < 4.78 is 13.0. The van der Waals surface area contributed by atoms with Gasteiger partial charge in [-0.1, -0.05) is 40.5 Å². The predicted octanol–water partition coefficient (Wildman–Crippen LogP) is 4.08. The minimum atomic E-state index is -0.344. The standard InChI is InChI=1S/C13H16BrClFN/c1-9-7-17(5-4-11(9)14)8-10-2-3-13(16)12(15)6-10/h2-3,6,9,11H,4-5,7-8H2,1H3. The fourth-order valence-electron chi connectivity index (χ4n) is 2.24. The number of likely N-dealkylation sites (tertiary alicyclic amines) is 1. The average Bonchev–Trinajstić information content (AvgIpc) is 2.29. The SMILES string of the molecule is CC1CN(Cc2ccc(F)c(Cl)c2)CCC1Br. The van der Waals surface area contributed by atoms with Gasteiger partial charge in [0.25, 0.3) is 0 Å². The molecule has 1 aromatic carbocycles. The van der Waals surface area contributed by atoms with Gasteiger partial charge in [-0.2, -0.15) is 0 Å². The zero-order valence-corrected chi connectivity index (χ0v) is 12.1. The predicted molar refractivity (Wildman–Crippen MR) is 73.2 cm³/mol. The topological polar surface area (TPSA) is 3.24 Å². The fraction of sp³-hybridized carbons (Fsp3) is 0.538. The molecule has 1 aromatic rings. The van der Waals surface area contributed by atoms with Crippen molar-refractivity contribution in [2.75, 3.05) is 13.1 Å². The highest BCUT2D eigenvalue weighted by atomic mass is 79.9. The van der Waals surface area contributed by atoms with E-state index in [4.69, 9.17) is 11.6 Å². The van der Waals surface area contributed by atoms with Gasteiger partial charge in [0.2, 0.25) is 0 Å². The Balaban J connectivity index is 1.99. The normalized spacial score (nSPS) is 26.1. The van der Waals surface area contributed by atoms with Crippen LogP contribution in [0.25, 0.3) is 0 Å². The molecule has 1 nitrogen and oxygen atoms in total. The third kappa shape index (κ3) is 3.43. The van der Waals surface area contributed by atoms with Crippen molar-refractivity contribution in [2.24, 2.45) is 5.92 Å². The first-order valence-corrected chi connectivity index (χ1v) is 7.16. The molecule has 2 unspecified atom stereocenters. The van der Waals surface area contributed by atoms with Gasteiger partial charge in [0.05, 0.1) is 5.02 Å². The van der Waals surface area contributed by atoms with Crippen molar-refractivity contribution in [3.05, 3.63) is 34.6 Å². The molecule has 1 saturated heterocycles. The summed E-state index contributed by atoms with van der Waals surface area (Å²) in [5.41, 5.74) is 1.08. The Morgan fingerprint density at radius 1 is 1.53 bits per heavy atom. The van der Waals surface area contributed by atoms with E-state index in [2.05, 4.69) is 27.8 Å². The number of rotatable bonds is 2. The van der Waals surface area contributed by atoms with E-state index in [0.717, 1.165) is 31.6 Å². The number of nitrogens with zero attached hydrogens (tertiary/aromatic N) is 1. The third-order valence-corrected chi connectivity index (χ3v) is 4.92. The van der Waals surface area contributed by atoms with E-state index in [-0.39, 0.29) is 10.8 Å². The molecule has 0 radical (unpaired) electrons. The molecule has 1 aliphatic heterocycles. The van der Waals surface area contributed by atoms with Crippen molar-refractivity contribution in [1.29, 1.82) is 0 Å². The summed E-state index contributed by atoms with van der Waals surface area (Å²) in [6.07, 6.45) is 1.16. The van der Waals surface area contributed by atoms with Gasteiger partial charge in [0, 0.05) is 17.9 Å². The van der Waals surface area contributed by atoms with Gasteiger partial charge < -0.3 is 0 Å². The van der Waals surface area contributed by atoms with Crippen molar-refractivity contribution in [3.8, 4) is 0 Å². The number of hydrogen-bond acceptors (Lipinski definition) is 1. The lowest BCUT2D eigenvalue weighted by atomic mass is 9.99. The van der Waals surface area contributed by atoms with Gasteiger partial charge in [-0.15, -0.1) is 0 Å². The van der Waals surface area contributed by atoms with E-state index in [1.165, 1.54) is 6.07 Å². The second-order valence-corrected chi connectivity index (χ2v) is 6.35. The summed E-state index contributed by atoms with van der Waals surface area (Å²) in [6.45, 7) is 5.26. The van der Waals surface area contributed by atoms with Crippen molar-refractivity contribution in [3.63, 3.8) is 0 Å². The van der Waals surface area contributed by atoms with Gasteiger partial charge >= 0.3 is 0 Å². The molecular weight excluding hydrogens is 305 g/mol. The molecule has 0 bridgehead atoms. The van der Waals surface area contributed by atoms with Gasteiger partial charge in [-0.25, -0.2) is 4.39 Å². The first-order chi connectivity index (χ1) is 8.06. The number of alkyl halides is 1. The highest BCUT2D eigenvalue weighted by molar-refractivity contribution is 9.09. The lowest BCUT2D eigenvalue weighted by molar-refractivity contribution is 0.183. The Morgan fingerprint density at radius 3 is 2.94 bits per heavy atom. The maximum absolute atomic E-state index is 13.0. The van der Waals surface area contributed by atoms with Gasteiger partial charge in [0.15, 0.2) is 0 Å². The average molecular weight is 321 g/mol. The Hall–Kier alpha value is -0.120. The van der Waals surface area contributed by atoms with Gasteiger partial charge in [-0.3, -0.25) is 4.90 Å². The van der Waals surface area contributed by atoms with Crippen LogP contribution in [0.2, 0.25) is 5.02 Å². The fourth-order valence-corrected chi connectivity index (χ4v) is 2.82. The molecular formula is C13H16BrClFN. The van der Waals surface area contributed by atoms with Gasteiger partial charge in [0.1, 0.15) is 5.82 Å². The van der Waals surface area contributed by atoms with Crippen LogP contribution in [0.1, 0.15) is 18.9 Å². The molecule has 1 aliphatic rings. The number of benzene rings is 1. The number of piperidine rings is 1. The molecule has 4 heteroatoms. The second-order valence-electron chi connectivity index (χ2n) is 4.77. The highest BCUT2D eigenvalue weighted by Gasteiger charge is 2.23. The molecule has 1 fully saturated rings. The van der Waals surface area contributed by atoms with E-state index in [1.807, 2.05) is 6.07 Å². The third-order valence-electron chi connectivity index (χ3n) is 3.27. The van der Waals surface area contributed by atoms with Gasteiger partial charge in [-0.05, 0) is 36.6 Å². The first-order valence-electron chi connectivity index (χ1n) is 5.86. The molecule has 0 spiro atoms. The van der Waals surface area contributed by atoms with Crippen LogP contribution in [0.15, 0.2) is 18.2 Å². The van der Waals surface area contributed by atoms with Crippen LogP contribution in [0, 0.1) is 11.7 Å². The molecule has 0 amide bonds. The summed E-state index contributed by atoms with van der Waals surface area (Å²) in [6, 6.07) is 4.98. The van der Waals surface area contributed by atoms with Crippen LogP contribution in [0.5, 0.6) is 0 Å². The van der Waals surface area contributed by atoms with Crippen LogP contribution >= 0.6 is 27.5 Å². The molecule has 0 aromatic heterocycles. The molecule has 1 heterocycles. The van der Waals surface area contributed by atoms with Crippen LogP contribution < -0.4 is 0 Å². The van der Waals surface area contributed by atoms with Crippen LogP contribution in [0.3, 0.4) is 0 Å². The zero-order valence-electron chi connectivity index (χ0n) is 9.80. The lowest BCUT2D eigenvalue weighted by Gasteiger charge is -2.34. The van der Waals surface area contributed by atoms with E-state index in [1.54, 1.807) is 6.07 Å². The second kappa shape index (κ2) is 5.68. The molecule has 2 atom stereocenters. The van der Waals surface area contributed by atoms with Crippen LogP contribution in [-0.2, 0) is 6.54 Å². The summed E-state index contributed by atoms with van der Waals surface area (Å²) in [7, 11) is 0. The van der Waals surface area contributed by atoms with E-state index in [9.17, 15) is 4.39 Å². The Labute approximate surface area is 115 Å². The summed E-state index contributed by atoms with van der Waals surface area (Å²) in [4.78, 5) is 3.02. The molecule has 0 aliphatic carbocycles. The Morgan fingerprint density at radius 2 is 2.29 bits per heavy atom. The van der Waals surface area contributed by atoms with E-state index >= 15 is 0 Å².